The van der Waals surface area contributed by atoms with Crippen LogP contribution in [-0.4, -0.2) is 29.3 Å². The molecule has 1 unspecified atom stereocenters. The molecule has 0 aromatic carbocycles. The van der Waals surface area contributed by atoms with Crippen LogP contribution in [0.2, 0.25) is 0 Å². The number of alkyl halides is 1. The molecule has 5 heteroatoms. The van der Waals surface area contributed by atoms with Gasteiger partial charge in [-0.2, -0.15) is 0 Å². The number of fused-ring (bicyclic) bond motifs is 5. The average molecular weight is 561 g/mol. The van der Waals surface area contributed by atoms with Crippen LogP contribution in [-0.2, 0) is 14.3 Å². The van der Waals surface area contributed by atoms with Gasteiger partial charge in [0, 0.05) is 5.57 Å². The summed E-state index contributed by atoms with van der Waals surface area (Å²) in [6.07, 6.45) is 9.04. The number of hydrogen-bond donors (Lipinski definition) is 1. The molecule has 0 radical (unpaired) electrons. The summed E-state index contributed by atoms with van der Waals surface area (Å²) in [7, 11) is 0. The fourth-order valence-electron chi connectivity index (χ4n) is 10.2. The molecular formula is C34H53ClO4. The maximum Gasteiger partial charge on any atom is 0.335 e. The van der Waals surface area contributed by atoms with E-state index in [2.05, 4.69) is 61.1 Å². The van der Waals surface area contributed by atoms with Crippen LogP contribution in [0.5, 0.6) is 0 Å². The van der Waals surface area contributed by atoms with Gasteiger partial charge in [-0.15, -0.1) is 0 Å². The number of carbonyl (C=O) groups is 1. The molecule has 0 spiro atoms. The largest absolute Gasteiger partial charge is 0.491 e. The summed E-state index contributed by atoms with van der Waals surface area (Å²) in [5.41, 5.74) is 2.86. The zero-order chi connectivity index (χ0) is 28.9. The van der Waals surface area contributed by atoms with Crippen LogP contribution in [0.3, 0.4) is 0 Å². The van der Waals surface area contributed by atoms with Gasteiger partial charge in [0.15, 0.2) is 6.07 Å². The van der Waals surface area contributed by atoms with Crippen molar-refractivity contribution in [2.75, 3.05) is 6.07 Å². The van der Waals surface area contributed by atoms with Gasteiger partial charge in [-0.05, 0) is 124 Å². The SMILES string of the molecule is C=C(C)OC1C[C@@]2(C)[C@@H](C[C@@H](O)[C@H]3[C@@]4(C)CC[C@@H](C)[C@H](C)[C@@H]4CC[C@@]32C)/C1=C(\CCC=C(C)C)C(=O)OCCl. The number of hydrogen-bond acceptors (Lipinski definition) is 4. The maximum absolute atomic E-state index is 13.4. The molecule has 10 atom stereocenters. The molecular weight excluding hydrogens is 508 g/mol. The van der Waals surface area contributed by atoms with Crippen LogP contribution in [0.25, 0.3) is 0 Å². The summed E-state index contributed by atoms with van der Waals surface area (Å²) < 4.78 is 11.9. The third kappa shape index (κ3) is 5.05. The van der Waals surface area contributed by atoms with E-state index in [0.717, 1.165) is 30.8 Å². The highest BCUT2D eigenvalue weighted by Gasteiger charge is 2.70. The minimum atomic E-state index is -0.414. The van der Waals surface area contributed by atoms with Gasteiger partial charge in [-0.3, -0.25) is 0 Å². The van der Waals surface area contributed by atoms with Crippen LogP contribution < -0.4 is 0 Å². The molecule has 0 aromatic heterocycles. The second kappa shape index (κ2) is 11.2. The third-order valence-corrected chi connectivity index (χ3v) is 12.3. The lowest BCUT2D eigenvalue weighted by Crippen LogP contribution is -2.65. The van der Waals surface area contributed by atoms with Crippen molar-refractivity contribution in [3.8, 4) is 0 Å². The Morgan fingerprint density at radius 3 is 2.44 bits per heavy atom. The molecule has 0 aromatic rings. The first-order valence-electron chi connectivity index (χ1n) is 15.3. The Morgan fingerprint density at radius 2 is 1.82 bits per heavy atom. The highest BCUT2D eigenvalue weighted by atomic mass is 35.5. The molecule has 0 amide bonds. The molecule has 4 rings (SSSR count). The smallest absolute Gasteiger partial charge is 0.335 e. The Balaban J connectivity index is 1.84. The summed E-state index contributed by atoms with van der Waals surface area (Å²) in [5, 5.41) is 12.1. The molecule has 4 nitrogen and oxygen atoms in total. The number of aliphatic hydroxyl groups excluding tert-OH is 1. The molecule has 220 valence electrons. The van der Waals surface area contributed by atoms with Gasteiger partial charge in [0.25, 0.3) is 0 Å². The number of aliphatic hydroxyl groups is 1. The first-order chi connectivity index (χ1) is 18.2. The van der Waals surface area contributed by atoms with E-state index >= 15 is 0 Å². The zero-order valence-electron chi connectivity index (χ0n) is 25.7. The fraction of sp³-hybridized carbons (Fsp3) is 0.794. The quantitative estimate of drug-likeness (QED) is 0.111. The standard InChI is InChI=1S/C34H53ClO4/c1-20(2)11-10-12-24(31(37)38-19-35)29-26-17-27(36)30-32(7)15-13-22(5)23(6)25(32)14-16-33(30,8)34(26,9)18-28(29)39-21(3)4/h11,22-23,25-28,30,36H,3,10,12-19H2,1-2,4-9H3/b29-24-/t22-,23+,25+,26+,27-,28?,30+,32+,33+,34+/m1/s1. The van der Waals surface area contributed by atoms with E-state index in [9.17, 15) is 9.90 Å². The molecule has 4 aliphatic carbocycles. The molecule has 4 saturated carbocycles. The molecule has 0 saturated heterocycles. The predicted octanol–water partition coefficient (Wildman–Crippen LogP) is 8.58. The second-order valence-corrected chi connectivity index (χ2v) is 14.7. The van der Waals surface area contributed by atoms with Crippen LogP contribution in [0.1, 0.15) is 107 Å². The molecule has 0 bridgehead atoms. The third-order valence-electron chi connectivity index (χ3n) is 12.2. The number of rotatable bonds is 7. The number of allylic oxidation sites excluding steroid dienone is 3. The number of esters is 1. The molecule has 0 heterocycles. The number of halogens is 1. The van der Waals surface area contributed by atoms with E-state index in [-0.39, 0.29) is 46.2 Å². The van der Waals surface area contributed by atoms with Crippen LogP contribution in [0.15, 0.2) is 35.1 Å². The van der Waals surface area contributed by atoms with Crippen molar-refractivity contribution in [3.05, 3.63) is 35.1 Å². The van der Waals surface area contributed by atoms with E-state index in [4.69, 9.17) is 21.1 Å². The zero-order valence-corrected chi connectivity index (χ0v) is 26.5. The highest BCUT2D eigenvalue weighted by Crippen LogP contribution is 2.74. The van der Waals surface area contributed by atoms with E-state index in [0.29, 0.717) is 36.0 Å². The van der Waals surface area contributed by atoms with Crippen molar-refractivity contribution in [1.82, 2.24) is 0 Å². The van der Waals surface area contributed by atoms with Crippen molar-refractivity contribution < 1.29 is 19.4 Å². The van der Waals surface area contributed by atoms with Crippen molar-refractivity contribution in [3.63, 3.8) is 0 Å². The average Bonchev–Trinajstić information content (AvgIpc) is 3.11. The summed E-state index contributed by atoms with van der Waals surface area (Å²) in [6, 6.07) is -0.176. The first kappa shape index (κ1) is 30.7. The summed E-state index contributed by atoms with van der Waals surface area (Å²) in [5.74, 6) is 2.64. The van der Waals surface area contributed by atoms with Crippen molar-refractivity contribution >= 4 is 17.6 Å². The Bertz CT molecular complexity index is 1030. The van der Waals surface area contributed by atoms with E-state index in [1.807, 2.05) is 6.92 Å². The Kier molecular flexibility index (Phi) is 8.81. The van der Waals surface area contributed by atoms with E-state index in [1.165, 1.54) is 24.8 Å². The minimum Gasteiger partial charge on any atom is -0.491 e. The van der Waals surface area contributed by atoms with E-state index in [1.54, 1.807) is 0 Å². The summed E-state index contributed by atoms with van der Waals surface area (Å²) in [4.78, 5) is 13.4. The van der Waals surface area contributed by atoms with Gasteiger partial charge in [0.05, 0.1) is 11.9 Å². The molecule has 4 fully saturated rings. The van der Waals surface area contributed by atoms with Gasteiger partial charge in [-0.1, -0.05) is 64.4 Å². The lowest BCUT2D eigenvalue weighted by atomic mass is 9.36. The van der Waals surface area contributed by atoms with E-state index < -0.39 is 6.10 Å². The van der Waals surface area contributed by atoms with Crippen molar-refractivity contribution in [2.45, 2.75) is 119 Å². The van der Waals surface area contributed by atoms with Crippen LogP contribution in [0.4, 0.5) is 0 Å². The minimum absolute atomic E-state index is 0.0442. The van der Waals surface area contributed by atoms with Crippen LogP contribution >= 0.6 is 11.6 Å². The topological polar surface area (TPSA) is 55.8 Å². The first-order valence-corrected chi connectivity index (χ1v) is 15.8. The maximum atomic E-state index is 13.4. The number of ether oxygens (including phenoxy) is 2. The summed E-state index contributed by atoms with van der Waals surface area (Å²) in [6.45, 7) is 22.3. The lowest BCUT2D eigenvalue weighted by Gasteiger charge is -2.69. The van der Waals surface area contributed by atoms with Crippen molar-refractivity contribution in [2.24, 2.45) is 45.8 Å². The fourth-order valence-corrected chi connectivity index (χ4v) is 10.3. The Labute approximate surface area is 242 Å². The van der Waals surface area contributed by atoms with Crippen molar-refractivity contribution in [1.29, 1.82) is 0 Å². The predicted molar refractivity (Wildman–Crippen MR) is 159 cm³/mol. The van der Waals surface area contributed by atoms with Gasteiger partial charge in [-0.25, -0.2) is 4.79 Å². The molecule has 39 heavy (non-hydrogen) atoms. The normalized spacial score (nSPS) is 44.4. The molecule has 0 aliphatic heterocycles. The Morgan fingerprint density at radius 1 is 1.13 bits per heavy atom. The number of carbonyl (C=O) groups excluding carboxylic acids is 1. The van der Waals surface area contributed by atoms with Gasteiger partial charge < -0.3 is 14.6 Å². The molecule has 4 aliphatic rings. The molecule has 1 N–H and O–H groups in total. The summed E-state index contributed by atoms with van der Waals surface area (Å²) >= 11 is 5.89. The Hall–Kier alpha value is -1.26. The second-order valence-electron chi connectivity index (χ2n) is 14.5. The van der Waals surface area contributed by atoms with Gasteiger partial charge in [0.2, 0.25) is 0 Å². The highest BCUT2D eigenvalue weighted by molar-refractivity contribution is 6.17. The van der Waals surface area contributed by atoms with Gasteiger partial charge >= 0.3 is 5.97 Å². The lowest BCUT2D eigenvalue weighted by molar-refractivity contribution is -0.229. The van der Waals surface area contributed by atoms with Crippen LogP contribution in [0, 0.1) is 45.8 Å². The monoisotopic (exact) mass is 560 g/mol. The van der Waals surface area contributed by atoms with Gasteiger partial charge in [0.1, 0.15) is 6.10 Å².